The van der Waals surface area contributed by atoms with Crippen LogP contribution < -0.4 is 5.32 Å². The normalized spacial score (nSPS) is 11.0. The molecule has 5 nitrogen and oxygen atoms in total. The van der Waals surface area contributed by atoms with Gasteiger partial charge >= 0.3 is 0 Å². The largest absolute Gasteiger partial charge is 0.307 e. The number of fused-ring (bicyclic) bond motifs is 1. The summed E-state index contributed by atoms with van der Waals surface area (Å²) in [7, 11) is 0. The van der Waals surface area contributed by atoms with E-state index >= 15 is 0 Å². The Morgan fingerprint density at radius 3 is 2.84 bits per heavy atom. The number of nitrogens with zero attached hydrogens (tertiary/aromatic N) is 4. The van der Waals surface area contributed by atoms with Crippen LogP contribution in [0.25, 0.3) is 5.65 Å². The van der Waals surface area contributed by atoms with Gasteiger partial charge in [0, 0.05) is 31.7 Å². The maximum atomic E-state index is 4.53. The lowest BCUT2D eigenvalue weighted by molar-refractivity contribution is 0.666. The van der Waals surface area contributed by atoms with Gasteiger partial charge in [0.05, 0.1) is 11.4 Å². The summed E-state index contributed by atoms with van der Waals surface area (Å²) < 4.78 is 2.02. The molecule has 0 saturated heterocycles. The van der Waals surface area contributed by atoms with Gasteiger partial charge in [-0.05, 0) is 25.1 Å². The molecule has 0 atom stereocenters. The third-order valence-electron chi connectivity index (χ3n) is 2.86. The summed E-state index contributed by atoms with van der Waals surface area (Å²) in [6.45, 7) is 3.34. The van der Waals surface area contributed by atoms with E-state index in [9.17, 15) is 0 Å². The topological polar surface area (TPSA) is 55.1 Å². The van der Waals surface area contributed by atoms with Crippen molar-refractivity contribution < 1.29 is 0 Å². The summed E-state index contributed by atoms with van der Waals surface area (Å²) in [6, 6.07) is 7.90. The molecule has 0 aliphatic rings. The molecule has 0 spiro atoms. The van der Waals surface area contributed by atoms with Gasteiger partial charge in [0.25, 0.3) is 0 Å². The van der Waals surface area contributed by atoms with Crippen LogP contribution in [0.2, 0.25) is 0 Å². The lowest BCUT2D eigenvalue weighted by Gasteiger charge is -2.02. The number of hydrogen-bond donors (Lipinski definition) is 1. The Morgan fingerprint density at radius 2 is 2.00 bits per heavy atom. The zero-order chi connectivity index (χ0) is 13.1. The van der Waals surface area contributed by atoms with E-state index in [-0.39, 0.29) is 0 Å². The van der Waals surface area contributed by atoms with Crippen molar-refractivity contribution in [3.63, 3.8) is 0 Å². The van der Waals surface area contributed by atoms with Gasteiger partial charge in [0.1, 0.15) is 11.5 Å². The van der Waals surface area contributed by atoms with E-state index in [4.69, 9.17) is 0 Å². The van der Waals surface area contributed by atoms with E-state index in [1.54, 1.807) is 6.20 Å². The van der Waals surface area contributed by atoms with E-state index in [2.05, 4.69) is 20.3 Å². The predicted octanol–water partition coefficient (Wildman–Crippen LogP) is 1.72. The zero-order valence-electron chi connectivity index (χ0n) is 10.7. The van der Waals surface area contributed by atoms with Crippen LogP contribution in [-0.2, 0) is 13.1 Å². The summed E-state index contributed by atoms with van der Waals surface area (Å²) in [6.07, 6.45) is 5.82. The van der Waals surface area contributed by atoms with Crippen LogP contribution >= 0.6 is 0 Å². The van der Waals surface area contributed by atoms with Gasteiger partial charge in [0.15, 0.2) is 0 Å². The lowest BCUT2D eigenvalue weighted by Crippen LogP contribution is -2.14. The average molecular weight is 253 g/mol. The summed E-state index contributed by atoms with van der Waals surface area (Å²) in [5.41, 5.74) is 2.99. The van der Waals surface area contributed by atoms with Crippen molar-refractivity contribution in [3.05, 3.63) is 60.1 Å². The summed E-state index contributed by atoms with van der Waals surface area (Å²) in [5, 5.41) is 3.34. The van der Waals surface area contributed by atoms with Gasteiger partial charge < -0.3 is 9.72 Å². The van der Waals surface area contributed by atoms with Gasteiger partial charge in [-0.15, -0.1) is 0 Å². The third kappa shape index (κ3) is 2.77. The van der Waals surface area contributed by atoms with Crippen molar-refractivity contribution >= 4 is 5.65 Å². The van der Waals surface area contributed by atoms with Crippen molar-refractivity contribution in [2.24, 2.45) is 0 Å². The Morgan fingerprint density at radius 1 is 1.11 bits per heavy atom. The minimum Gasteiger partial charge on any atom is -0.307 e. The molecule has 0 unspecified atom stereocenters. The number of aromatic nitrogens is 4. The van der Waals surface area contributed by atoms with Gasteiger partial charge in [-0.25, -0.2) is 15.0 Å². The van der Waals surface area contributed by atoms with Gasteiger partial charge in [-0.1, -0.05) is 6.07 Å². The van der Waals surface area contributed by atoms with Crippen molar-refractivity contribution in [1.82, 2.24) is 24.7 Å². The fraction of sp³-hybridized carbons (Fsp3) is 0.214. The van der Waals surface area contributed by atoms with Gasteiger partial charge in [-0.3, -0.25) is 0 Å². The van der Waals surface area contributed by atoms with Crippen LogP contribution in [0.4, 0.5) is 0 Å². The highest BCUT2D eigenvalue weighted by molar-refractivity contribution is 5.39. The van der Waals surface area contributed by atoms with Crippen LogP contribution in [-0.4, -0.2) is 19.4 Å². The Kier molecular flexibility index (Phi) is 3.20. The maximum absolute atomic E-state index is 4.53. The number of nitrogens with one attached hydrogen (secondary N) is 1. The Hall–Kier alpha value is -2.27. The first-order valence-corrected chi connectivity index (χ1v) is 6.23. The molecule has 5 heteroatoms. The molecular formula is C14H15N5. The monoisotopic (exact) mass is 253 g/mol. The first-order chi connectivity index (χ1) is 9.31. The molecule has 0 fully saturated rings. The molecule has 0 aliphatic heterocycles. The molecule has 0 aromatic carbocycles. The second-order valence-electron chi connectivity index (χ2n) is 4.40. The summed E-state index contributed by atoms with van der Waals surface area (Å²) >= 11 is 0. The van der Waals surface area contributed by atoms with Crippen LogP contribution in [0, 0.1) is 6.92 Å². The van der Waals surface area contributed by atoms with Gasteiger partial charge in [0.2, 0.25) is 0 Å². The first kappa shape index (κ1) is 11.8. The van der Waals surface area contributed by atoms with Crippen molar-refractivity contribution in [2.45, 2.75) is 20.0 Å². The second-order valence-corrected chi connectivity index (χ2v) is 4.40. The number of aryl methyl sites for hydroxylation is 1. The highest BCUT2D eigenvalue weighted by Gasteiger charge is 2.01. The Labute approximate surface area is 111 Å². The van der Waals surface area contributed by atoms with E-state index in [0.29, 0.717) is 0 Å². The number of pyridine rings is 1. The average Bonchev–Trinajstić information content (AvgIpc) is 2.81. The van der Waals surface area contributed by atoms with E-state index in [1.807, 2.05) is 48.0 Å². The number of hydrogen-bond acceptors (Lipinski definition) is 4. The fourth-order valence-corrected chi connectivity index (χ4v) is 1.99. The highest BCUT2D eigenvalue weighted by Crippen LogP contribution is 2.04. The minimum atomic E-state index is 0.719. The van der Waals surface area contributed by atoms with Crippen LogP contribution in [0.1, 0.15) is 17.2 Å². The molecule has 3 heterocycles. The molecule has 3 aromatic heterocycles. The molecule has 0 radical (unpaired) electrons. The first-order valence-electron chi connectivity index (χ1n) is 6.23. The smallest absolute Gasteiger partial charge is 0.137 e. The highest BCUT2D eigenvalue weighted by atomic mass is 15.0. The lowest BCUT2D eigenvalue weighted by atomic mass is 10.4. The molecule has 0 amide bonds. The van der Waals surface area contributed by atoms with E-state index < -0.39 is 0 Å². The fourth-order valence-electron chi connectivity index (χ4n) is 1.99. The number of imidazole rings is 1. The third-order valence-corrected chi connectivity index (χ3v) is 2.86. The molecule has 0 aliphatic carbocycles. The van der Waals surface area contributed by atoms with Crippen LogP contribution in [0.3, 0.4) is 0 Å². The summed E-state index contributed by atoms with van der Waals surface area (Å²) in [4.78, 5) is 13.0. The SMILES string of the molecule is Cc1nccc(CNCc2cn3ccccc3n2)n1. The molecule has 3 aromatic rings. The molecular weight excluding hydrogens is 238 g/mol. The minimum absolute atomic E-state index is 0.719. The maximum Gasteiger partial charge on any atom is 0.137 e. The molecule has 19 heavy (non-hydrogen) atoms. The van der Waals surface area contributed by atoms with Crippen molar-refractivity contribution in [3.8, 4) is 0 Å². The van der Waals surface area contributed by atoms with Crippen LogP contribution in [0.15, 0.2) is 42.9 Å². The Balaban J connectivity index is 1.63. The Bertz CT molecular complexity index is 656. The molecule has 96 valence electrons. The quantitative estimate of drug-likeness (QED) is 0.769. The van der Waals surface area contributed by atoms with E-state index in [0.717, 1.165) is 35.9 Å². The molecule has 0 bridgehead atoms. The molecule has 3 rings (SSSR count). The standard InChI is InChI=1S/C14H15N5/c1-11-16-6-5-12(17-11)8-15-9-13-10-19-7-3-2-4-14(19)18-13/h2-7,10,15H,8-9H2,1H3. The van der Waals surface area contributed by atoms with Crippen LogP contribution in [0.5, 0.6) is 0 Å². The second kappa shape index (κ2) is 5.16. The summed E-state index contributed by atoms with van der Waals surface area (Å²) in [5.74, 6) is 0.798. The molecule has 1 N–H and O–H groups in total. The van der Waals surface area contributed by atoms with Crippen molar-refractivity contribution in [2.75, 3.05) is 0 Å². The van der Waals surface area contributed by atoms with Crippen molar-refractivity contribution in [1.29, 1.82) is 0 Å². The number of rotatable bonds is 4. The molecule has 0 saturated carbocycles. The van der Waals surface area contributed by atoms with E-state index in [1.165, 1.54) is 0 Å². The van der Waals surface area contributed by atoms with Gasteiger partial charge in [-0.2, -0.15) is 0 Å². The zero-order valence-corrected chi connectivity index (χ0v) is 10.7. The predicted molar refractivity (Wildman–Crippen MR) is 72.5 cm³/mol.